The molecule has 3 atom stereocenters. The van der Waals surface area contributed by atoms with Gasteiger partial charge in [0.15, 0.2) is 0 Å². The molecule has 2 aliphatic carbocycles. The molecule has 2 nitrogen and oxygen atoms in total. The van der Waals surface area contributed by atoms with Gasteiger partial charge in [0.1, 0.15) is 5.60 Å². The van der Waals surface area contributed by atoms with Gasteiger partial charge < -0.3 is 4.74 Å². The van der Waals surface area contributed by atoms with Crippen molar-refractivity contribution in [2.75, 3.05) is 0 Å². The van der Waals surface area contributed by atoms with Crippen LogP contribution in [0.1, 0.15) is 60.3 Å². The molecule has 2 aliphatic rings. The molecule has 0 saturated heterocycles. The van der Waals surface area contributed by atoms with Crippen molar-refractivity contribution in [2.45, 2.75) is 65.9 Å². The Bertz CT molecular complexity index is 319. The van der Waals surface area contributed by atoms with Crippen LogP contribution in [0.15, 0.2) is 0 Å². The van der Waals surface area contributed by atoms with Gasteiger partial charge in [-0.25, -0.2) is 0 Å². The molecule has 3 unspecified atom stereocenters. The first-order valence-corrected chi connectivity index (χ1v) is 6.99. The molecule has 2 saturated carbocycles. The summed E-state index contributed by atoms with van der Waals surface area (Å²) in [4.78, 5) is 12.5. The lowest BCUT2D eigenvalue weighted by Crippen LogP contribution is -2.42. The Morgan fingerprint density at radius 2 is 2.00 bits per heavy atom. The zero-order chi connectivity index (χ0) is 12.8. The molecule has 0 aliphatic heterocycles. The molecular weight excluding hydrogens is 212 g/mol. The molecule has 0 amide bonds. The number of carbonyl (C=O) groups is 1. The highest BCUT2D eigenvalue weighted by molar-refractivity contribution is 5.78. The molecule has 0 aromatic rings. The summed E-state index contributed by atoms with van der Waals surface area (Å²) in [6.07, 6.45) is 4.83. The predicted octanol–water partition coefficient (Wildman–Crippen LogP) is 3.79. The van der Waals surface area contributed by atoms with Gasteiger partial charge in [0.25, 0.3) is 0 Å². The van der Waals surface area contributed by atoms with Crippen LogP contribution in [0.5, 0.6) is 0 Å². The molecule has 0 aromatic carbocycles. The molecule has 98 valence electrons. The van der Waals surface area contributed by atoms with Crippen LogP contribution in [0, 0.1) is 23.2 Å². The highest BCUT2D eigenvalue weighted by Crippen LogP contribution is 2.56. The lowest BCUT2D eigenvalue weighted by molar-refractivity contribution is -0.175. The maximum atomic E-state index is 12.5. The first-order chi connectivity index (χ1) is 7.75. The van der Waals surface area contributed by atoms with Crippen LogP contribution in [0.3, 0.4) is 0 Å². The van der Waals surface area contributed by atoms with Crippen molar-refractivity contribution in [3.05, 3.63) is 0 Å². The Balaban J connectivity index is 2.06. The molecule has 0 N–H and O–H groups in total. The lowest BCUT2D eigenvalue weighted by atomic mass is 9.74. The number of esters is 1. The highest BCUT2D eigenvalue weighted by atomic mass is 16.6. The van der Waals surface area contributed by atoms with Crippen LogP contribution in [0.25, 0.3) is 0 Å². The van der Waals surface area contributed by atoms with E-state index in [0.29, 0.717) is 11.8 Å². The fourth-order valence-corrected chi connectivity index (χ4v) is 3.33. The summed E-state index contributed by atoms with van der Waals surface area (Å²) >= 11 is 0. The largest absolute Gasteiger partial charge is 0.459 e. The van der Waals surface area contributed by atoms with Gasteiger partial charge in [-0.05, 0) is 57.8 Å². The van der Waals surface area contributed by atoms with Crippen LogP contribution in [0.2, 0.25) is 0 Å². The van der Waals surface area contributed by atoms with E-state index in [4.69, 9.17) is 4.74 Å². The smallest absolute Gasteiger partial charge is 0.312 e. The fraction of sp³-hybridized carbons (Fsp3) is 0.933. The van der Waals surface area contributed by atoms with Crippen LogP contribution >= 0.6 is 0 Å². The fourth-order valence-electron chi connectivity index (χ4n) is 3.33. The van der Waals surface area contributed by atoms with E-state index in [1.165, 1.54) is 19.3 Å². The summed E-state index contributed by atoms with van der Waals surface area (Å²) < 4.78 is 5.80. The van der Waals surface area contributed by atoms with Crippen LogP contribution in [0.4, 0.5) is 0 Å². The summed E-state index contributed by atoms with van der Waals surface area (Å²) in [6.45, 7) is 10.4. The van der Waals surface area contributed by atoms with Crippen molar-refractivity contribution in [1.82, 2.24) is 0 Å². The van der Waals surface area contributed by atoms with Crippen molar-refractivity contribution in [3.63, 3.8) is 0 Å². The Hall–Kier alpha value is -0.530. The van der Waals surface area contributed by atoms with E-state index < -0.39 is 0 Å². The molecule has 0 heterocycles. The van der Waals surface area contributed by atoms with Crippen LogP contribution in [-0.2, 0) is 9.53 Å². The quantitative estimate of drug-likeness (QED) is 0.699. The average Bonchev–Trinajstić information content (AvgIpc) is 2.76. The number of carbonyl (C=O) groups excluding carboxylic acids is 1. The second-order valence-corrected chi connectivity index (χ2v) is 7.15. The maximum Gasteiger partial charge on any atom is 0.312 e. The number of rotatable bonds is 3. The predicted molar refractivity (Wildman–Crippen MR) is 68.6 cm³/mol. The van der Waals surface area contributed by atoms with Crippen molar-refractivity contribution >= 4 is 5.97 Å². The molecule has 2 fully saturated rings. The summed E-state index contributed by atoms with van der Waals surface area (Å²) in [6, 6.07) is 0. The van der Waals surface area contributed by atoms with E-state index in [-0.39, 0.29) is 17.0 Å². The van der Waals surface area contributed by atoms with Gasteiger partial charge in [-0.2, -0.15) is 0 Å². The molecule has 0 spiro atoms. The number of fused-ring (bicyclic) bond motifs is 2. The molecule has 2 heteroatoms. The minimum absolute atomic E-state index is 0.0448. The molecular formula is C15H26O2. The third-order valence-electron chi connectivity index (χ3n) is 5.37. The maximum absolute atomic E-state index is 12.5. The lowest BCUT2D eigenvalue weighted by Gasteiger charge is -2.37. The zero-order valence-corrected chi connectivity index (χ0v) is 11.9. The molecule has 0 aromatic heterocycles. The van der Waals surface area contributed by atoms with Gasteiger partial charge >= 0.3 is 5.97 Å². The van der Waals surface area contributed by atoms with Gasteiger partial charge in [0.2, 0.25) is 0 Å². The third kappa shape index (κ3) is 2.11. The van der Waals surface area contributed by atoms with E-state index in [9.17, 15) is 4.79 Å². The normalized spacial score (nSPS) is 36.6. The Morgan fingerprint density at radius 3 is 2.41 bits per heavy atom. The van der Waals surface area contributed by atoms with E-state index in [1.807, 2.05) is 13.8 Å². The number of ether oxygens (including phenoxy) is 1. The number of hydrogen-bond acceptors (Lipinski definition) is 2. The van der Waals surface area contributed by atoms with Gasteiger partial charge in [-0.3, -0.25) is 4.79 Å². The van der Waals surface area contributed by atoms with Gasteiger partial charge in [-0.1, -0.05) is 20.3 Å². The summed E-state index contributed by atoms with van der Waals surface area (Å²) in [5.74, 6) is 1.75. The second-order valence-electron chi connectivity index (χ2n) is 7.15. The minimum Gasteiger partial charge on any atom is -0.459 e. The monoisotopic (exact) mass is 238 g/mol. The van der Waals surface area contributed by atoms with E-state index in [1.54, 1.807) is 0 Å². The summed E-state index contributed by atoms with van der Waals surface area (Å²) in [5.41, 5.74) is -0.545. The first-order valence-electron chi connectivity index (χ1n) is 6.99. The molecule has 2 bridgehead atoms. The van der Waals surface area contributed by atoms with E-state index >= 15 is 0 Å². The van der Waals surface area contributed by atoms with Gasteiger partial charge in [0.05, 0.1) is 5.41 Å². The van der Waals surface area contributed by atoms with Crippen LogP contribution in [-0.4, -0.2) is 11.6 Å². The summed E-state index contributed by atoms with van der Waals surface area (Å²) in [7, 11) is 0. The molecule has 0 radical (unpaired) electrons. The van der Waals surface area contributed by atoms with E-state index in [2.05, 4.69) is 20.8 Å². The molecule has 2 rings (SSSR count). The average molecular weight is 238 g/mol. The highest BCUT2D eigenvalue weighted by Gasteiger charge is 2.54. The Kier molecular flexibility index (Phi) is 3.04. The SMILES string of the molecule is CC(C)C(C)(C)OC(=O)C1(C)CC2CCC1C2. The minimum atomic E-state index is -0.345. The van der Waals surface area contributed by atoms with Crippen molar-refractivity contribution in [2.24, 2.45) is 23.2 Å². The number of hydrogen-bond donors (Lipinski definition) is 0. The first kappa shape index (κ1) is 12.9. The Labute approximate surface area is 105 Å². The van der Waals surface area contributed by atoms with Gasteiger partial charge in [-0.15, -0.1) is 0 Å². The topological polar surface area (TPSA) is 26.3 Å². The van der Waals surface area contributed by atoms with Crippen molar-refractivity contribution in [1.29, 1.82) is 0 Å². The Morgan fingerprint density at radius 1 is 1.35 bits per heavy atom. The van der Waals surface area contributed by atoms with Gasteiger partial charge in [0, 0.05) is 0 Å². The van der Waals surface area contributed by atoms with E-state index in [0.717, 1.165) is 12.3 Å². The zero-order valence-electron chi connectivity index (χ0n) is 11.9. The summed E-state index contributed by atoms with van der Waals surface area (Å²) in [5, 5.41) is 0. The molecule has 17 heavy (non-hydrogen) atoms. The third-order valence-corrected chi connectivity index (χ3v) is 5.37. The standard InChI is InChI=1S/C15H26O2/c1-10(2)14(3,4)17-13(16)15(5)9-11-6-7-12(15)8-11/h10-12H,6-9H2,1-5H3. The van der Waals surface area contributed by atoms with Crippen molar-refractivity contribution < 1.29 is 9.53 Å². The second kappa shape index (κ2) is 4.00. The van der Waals surface area contributed by atoms with Crippen LogP contribution < -0.4 is 0 Å². The van der Waals surface area contributed by atoms with Crippen molar-refractivity contribution in [3.8, 4) is 0 Å².